The maximum Gasteiger partial charge on any atom is 0.372 e. The van der Waals surface area contributed by atoms with Crippen LogP contribution in [0.1, 0.15) is 5.56 Å². The molecule has 2 rings (SSSR count). The molecule has 0 saturated heterocycles. The highest BCUT2D eigenvalue weighted by Crippen LogP contribution is 2.17. The fourth-order valence-electron chi connectivity index (χ4n) is 1.45. The summed E-state index contributed by atoms with van der Waals surface area (Å²) >= 11 is 3.29. The van der Waals surface area contributed by atoms with E-state index >= 15 is 0 Å². The molecule has 22 heavy (non-hydrogen) atoms. The number of oxime groups is 1. The third kappa shape index (κ3) is 4.92. The maximum absolute atomic E-state index is 13.3. The van der Waals surface area contributed by atoms with Crippen LogP contribution in [0.25, 0.3) is 0 Å². The van der Waals surface area contributed by atoms with Crippen LogP contribution < -0.4 is 4.74 Å². The molecule has 114 valence electrons. The normalized spacial score (nSPS) is 10.7. The molecule has 0 saturated carbocycles. The second-order valence-corrected chi connectivity index (χ2v) is 5.03. The lowest BCUT2D eigenvalue weighted by Gasteiger charge is -2.04. The van der Waals surface area contributed by atoms with Crippen molar-refractivity contribution in [3.63, 3.8) is 0 Å². The topological polar surface area (TPSA) is 47.9 Å². The molecular formula is C15H10BrF2NO3. The van der Waals surface area contributed by atoms with E-state index in [9.17, 15) is 13.6 Å². The smallest absolute Gasteiger partial charge is 0.372 e. The molecule has 0 spiro atoms. The lowest BCUT2D eigenvalue weighted by atomic mass is 10.2. The summed E-state index contributed by atoms with van der Waals surface area (Å²) in [6, 6.07) is 9.93. The van der Waals surface area contributed by atoms with Gasteiger partial charge in [-0.1, -0.05) is 33.2 Å². The van der Waals surface area contributed by atoms with E-state index in [1.807, 2.05) is 12.1 Å². The molecule has 0 bridgehead atoms. The van der Waals surface area contributed by atoms with E-state index in [0.717, 1.165) is 22.2 Å². The van der Waals surface area contributed by atoms with Crippen LogP contribution >= 0.6 is 15.9 Å². The molecule has 0 aromatic heterocycles. The van der Waals surface area contributed by atoms with Gasteiger partial charge in [-0.3, -0.25) is 0 Å². The lowest BCUT2D eigenvalue weighted by molar-refractivity contribution is -0.145. The first kappa shape index (κ1) is 16.1. The van der Waals surface area contributed by atoms with Gasteiger partial charge in [-0.15, -0.1) is 0 Å². The highest BCUT2D eigenvalue weighted by Gasteiger charge is 2.08. The number of carbonyl (C=O) groups excluding carboxylic acids is 1. The van der Waals surface area contributed by atoms with Gasteiger partial charge in [0.2, 0.25) is 0 Å². The third-order valence-electron chi connectivity index (χ3n) is 2.47. The van der Waals surface area contributed by atoms with Gasteiger partial charge >= 0.3 is 5.97 Å². The Morgan fingerprint density at radius 3 is 2.59 bits per heavy atom. The highest BCUT2D eigenvalue weighted by atomic mass is 79.9. The van der Waals surface area contributed by atoms with Crippen molar-refractivity contribution >= 4 is 28.1 Å². The summed E-state index contributed by atoms with van der Waals surface area (Å²) in [6.07, 6.45) is 1.35. The van der Waals surface area contributed by atoms with Crippen molar-refractivity contribution in [2.45, 2.75) is 0 Å². The zero-order valence-corrected chi connectivity index (χ0v) is 12.7. The van der Waals surface area contributed by atoms with Crippen LogP contribution in [0.3, 0.4) is 0 Å². The summed E-state index contributed by atoms with van der Waals surface area (Å²) in [5.74, 6) is -2.68. The van der Waals surface area contributed by atoms with Crippen LogP contribution in [0.4, 0.5) is 8.78 Å². The Hall–Kier alpha value is -2.28. The minimum Gasteiger partial charge on any atom is -0.479 e. The summed E-state index contributed by atoms with van der Waals surface area (Å²) in [5, 5.41) is 3.50. The Morgan fingerprint density at radius 2 is 1.91 bits per heavy atom. The fourth-order valence-corrected chi connectivity index (χ4v) is 1.71. The van der Waals surface area contributed by atoms with Gasteiger partial charge in [0.1, 0.15) is 5.82 Å². The van der Waals surface area contributed by atoms with E-state index in [1.165, 1.54) is 6.21 Å². The number of ether oxygens (including phenoxy) is 1. The molecule has 7 heteroatoms. The first-order valence-corrected chi connectivity index (χ1v) is 6.90. The number of hydrogen-bond donors (Lipinski definition) is 0. The van der Waals surface area contributed by atoms with Crippen LogP contribution in [0.15, 0.2) is 52.1 Å². The second kappa shape index (κ2) is 7.65. The SMILES string of the molecule is O=C(COc1ccc(F)cc1F)O/N=C/c1ccc(Br)cc1. The molecule has 2 aromatic rings. The van der Waals surface area contributed by atoms with Gasteiger partial charge in [0.15, 0.2) is 18.2 Å². The van der Waals surface area contributed by atoms with Crippen molar-refractivity contribution in [3.8, 4) is 5.75 Å². The summed E-state index contributed by atoms with van der Waals surface area (Å²) < 4.78 is 31.7. The number of carbonyl (C=O) groups is 1. The molecule has 4 nitrogen and oxygen atoms in total. The van der Waals surface area contributed by atoms with Gasteiger partial charge in [-0.05, 0) is 29.8 Å². The molecular weight excluding hydrogens is 360 g/mol. The Kier molecular flexibility index (Phi) is 5.60. The quantitative estimate of drug-likeness (QED) is 0.458. The van der Waals surface area contributed by atoms with E-state index in [-0.39, 0.29) is 5.75 Å². The van der Waals surface area contributed by atoms with Gasteiger partial charge in [0.05, 0.1) is 6.21 Å². The summed E-state index contributed by atoms with van der Waals surface area (Å²) in [4.78, 5) is 15.9. The average Bonchev–Trinajstić information content (AvgIpc) is 2.48. The van der Waals surface area contributed by atoms with Crippen LogP contribution in [0.5, 0.6) is 5.75 Å². The summed E-state index contributed by atoms with van der Waals surface area (Å²) in [6.45, 7) is -0.541. The van der Waals surface area contributed by atoms with Crippen molar-refractivity contribution in [2.24, 2.45) is 5.16 Å². The van der Waals surface area contributed by atoms with Crippen LogP contribution in [-0.4, -0.2) is 18.8 Å². The molecule has 0 aliphatic carbocycles. The van der Waals surface area contributed by atoms with Crippen molar-refractivity contribution < 1.29 is 23.1 Å². The third-order valence-corrected chi connectivity index (χ3v) is 2.99. The molecule has 0 fully saturated rings. The second-order valence-electron chi connectivity index (χ2n) is 4.11. The molecule has 0 aliphatic heterocycles. The zero-order chi connectivity index (χ0) is 15.9. The predicted molar refractivity (Wildman–Crippen MR) is 79.7 cm³/mol. The zero-order valence-electron chi connectivity index (χ0n) is 11.1. The standard InChI is InChI=1S/C15H10BrF2NO3/c16-11-3-1-10(2-4-11)8-19-22-15(20)9-21-14-6-5-12(17)7-13(14)18/h1-8H,9H2/b19-8+. The molecule has 0 aliphatic rings. The van der Waals surface area contributed by atoms with Crippen molar-refractivity contribution in [1.82, 2.24) is 0 Å². The number of nitrogens with zero attached hydrogens (tertiary/aromatic N) is 1. The monoisotopic (exact) mass is 369 g/mol. The van der Waals surface area contributed by atoms with Gasteiger partial charge in [0.25, 0.3) is 0 Å². The van der Waals surface area contributed by atoms with Crippen LogP contribution in [0.2, 0.25) is 0 Å². The molecule has 0 radical (unpaired) electrons. The van der Waals surface area contributed by atoms with Crippen molar-refractivity contribution in [3.05, 3.63) is 64.1 Å². The molecule has 0 atom stereocenters. The number of rotatable bonds is 5. The fraction of sp³-hybridized carbons (Fsp3) is 0.0667. The highest BCUT2D eigenvalue weighted by molar-refractivity contribution is 9.10. The predicted octanol–water partition coefficient (Wildman–Crippen LogP) is 3.68. The van der Waals surface area contributed by atoms with Crippen molar-refractivity contribution in [1.29, 1.82) is 0 Å². The maximum atomic E-state index is 13.3. The van der Waals surface area contributed by atoms with Crippen LogP contribution in [-0.2, 0) is 9.63 Å². The first-order valence-electron chi connectivity index (χ1n) is 6.11. The van der Waals surface area contributed by atoms with Gasteiger partial charge in [0, 0.05) is 10.5 Å². The first-order chi connectivity index (χ1) is 10.5. The molecule has 0 amide bonds. The Morgan fingerprint density at radius 1 is 1.18 bits per heavy atom. The van der Waals surface area contributed by atoms with E-state index in [0.29, 0.717) is 6.07 Å². The Bertz CT molecular complexity index is 690. The van der Waals surface area contributed by atoms with E-state index in [2.05, 4.69) is 25.9 Å². The molecule has 0 unspecified atom stereocenters. The summed E-state index contributed by atoms with van der Waals surface area (Å²) in [5.41, 5.74) is 0.737. The molecule has 0 heterocycles. The van der Waals surface area contributed by atoms with Gasteiger partial charge in [-0.25, -0.2) is 13.6 Å². The average molecular weight is 370 g/mol. The van der Waals surface area contributed by atoms with E-state index < -0.39 is 24.2 Å². The number of halogens is 3. The van der Waals surface area contributed by atoms with Crippen molar-refractivity contribution in [2.75, 3.05) is 6.61 Å². The van der Waals surface area contributed by atoms with Gasteiger partial charge < -0.3 is 9.57 Å². The van der Waals surface area contributed by atoms with Crippen LogP contribution in [0, 0.1) is 11.6 Å². The van der Waals surface area contributed by atoms with Gasteiger partial charge in [-0.2, -0.15) is 0 Å². The molecule has 2 aromatic carbocycles. The van der Waals surface area contributed by atoms with E-state index in [1.54, 1.807) is 12.1 Å². The molecule has 0 N–H and O–H groups in total. The largest absolute Gasteiger partial charge is 0.479 e. The Balaban J connectivity index is 1.81. The van der Waals surface area contributed by atoms with E-state index in [4.69, 9.17) is 4.74 Å². The minimum absolute atomic E-state index is 0.241. The minimum atomic E-state index is -0.897. The lowest BCUT2D eigenvalue weighted by Crippen LogP contribution is -2.13. The summed E-state index contributed by atoms with van der Waals surface area (Å²) in [7, 11) is 0. The Labute approximate surface area is 133 Å². The number of benzene rings is 2. The number of hydrogen-bond acceptors (Lipinski definition) is 4.